The van der Waals surface area contributed by atoms with Crippen molar-refractivity contribution in [2.45, 2.75) is 220 Å². The standard InChI is InChI=1S/2C20H38O5/c1-7-8-9-10-16(22-12-14-13-23-20(5,6)25-14)17-11-15(21)18(24-17)19(2,3)4;1-7-8-9-10-15-16(11-17(24-15)18(21)19(2,3)4)22-12-14-13-23-20(5,6)25-14/h2*14-18,21H,7-13H2,1-6H3. The van der Waals surface area contributed by atoms with Crippen LogP contribution in [0.2, 0.25) is 0 Å². The van der Waals surface area contributed by atoms with Gasteiger partial charge in [0.1, 0.15) is 12.2 Å². The fraction of sp³-hybridized carbons (Fsp3) is 1.00. The Kier molecular flexibility index (Phi) is 17.0. The van der Waals surface area contributed by atoms with Crippen LogP contribution in [0.1, 0.15) is 147 Å². The highest BCUT2D eigenvalue weighted by molar-refractivity contribution is 4.93. The highest BCUT2D eigenvalue weighted by Gasteiger charge is 2.45. The molecule has 296 valence electrons. The lowest BCUT2D eigenvalue weighted by molar-refractivity contribution is -0.155. The SMILES string of the molecule is CCCCCC(OCC1COC(C)(C)O1)C1CC(O)C(C(C)(C)C)O1.CCCCCC1OC(C(O)C(C)(C)C)CC1OCC1COC(C)(C)O1. The average molecular weight is 717 g/mol. The van der Waals surface area contributed by atoms with Crippen molar-refractivity contribution in [3.05, 3.63) is 0 Å². The summed E-state index contributed by atoms with van der Waals surface area (Å²) >= 11 is 0. The van der Waals surface area contributed by atoms with Crippen molar-refractivity contribution >= 4 is 0 Å². The largest absolute Gasteiger partial charge is 0.390 e. The lowest BCUT2D eigenvalue weighted by Crippen LogP contribution is -2.37. The third kappa shape index (κ3) is 14.1. The second-order valence-electron chi connectivity index (χ2n) is 18.2. The van der Waals surface area contributed by atoms with E-state index in [1.54, 1.807) is 0 Å². The van der Waals surface area contributed by atoms with Crippen molar-refractivity contribution in [3.63, 3.8) is 0 Å². The Hall–Kier alpha value is -0.400. The molecule has 4 saturated heterocycles. The minimum atomic E-state index is -0.525. The lowest BCUT2D eigenvalue weighted by Gasteiger charge is -2.30. The van der Waals surface area contributed by atoms with Crippen LogP contribution >= 0.6 is 0 Å². The van der Waals surface area contributed by atoms with Gasteiger partial charge in [-0.05, 0) is 51.4 Å². The molecule has 10 heteroatoms. The van der Waals surface area contributed by atoms with Crippen LogP contribution in [0.5, 0.6) is 0 Å². The molecule has 0 aromatic heterocycles. The molecule has 0 spiro atoms. The number of aliphatic hydroxyl groups is 2. The quantitative estimate of drug-likeness (QED) is 0.157. The first-order chi connectivity index (χ1) is 23.2. The van der Waals surface area contributed by atoms with Crippen LogP contribution in [0, 0.1) is 10.8 Å². The van der Waals surface area contributed by atoms with Gasteiger partial charge in [-0.25, -0.2) is 0 Å². The number of aliphatic hydroxyl groups excluding tert-OH is 2. The fourth-order valence-electron chi connectivity index (χ4n) is 7.38. The predicted molar refractivity (Wildman–Crippen MR) is 195 cm³/mol. The first kappa shape index (κ1) is 44.0. The second-order valence-corrected chi connectivity index (χ2v) is 18.2. The van der Waals surface area contributed by atoms with Crippen LogP contribution in [0.15, 0.2) is 0 Å². The topological polar surface area (TPSA) is 114 Å². The zero-order chi connectivity index (χ0) is 37.3. The summed E-state index contributed by atoms with van der Waals surface area (Å²) in [6.07, 6.45) is 9.10. The molecule has 0 aromatic rings. The Morgan fingerprint density at radius 2 is 1.34 bits per heavy atom. The van der Waals surface area contributed by atoms with Crippen molar-refractivity contribution < 1.29 is 48.1 Å². The summed E-state index contributed by atoms with van der Waals surface area (Å²) in [5, 5.41) is 21.1. The number of unbranched alkanes of at least 4 members (excludes halogenated alkanes) is 4. The molecule has 50 heavy (non-hydrogen) atoms. The van der Waals surface area contributed by atoms with Gasteiger partial charge in [-0.15, -0.1) is 0 Å². The van der Waals surface area contributed by atoms with Crippen LogP contribution in [0.25, 0.3) is 0 Å². The van der Waals surface area contributed by atoms with Gasteiger partial charge in [-0.3, -0.25) is 0 Å². The van der Waals surface area contributed by atoms with E-state index in [-0.39, 0.29) is 59.7 Å². The second kappa shape index (κ2) is 19.3. The zero-order valence-corrected chi connectivity index (χ0v) is 33.8. The maximum atomic E-state index is 10.6. The molecule has 0 saturated carbocycles. The Morgan fingerprint density at radius 1 is 0.760 bits per heavy atom. The summed E-state index contributed by atoms with van der Waals surface area (Å²) in [6, 6.07) is 0. The third-order valence-corrected chi connectivity index (χ3v) is 10.2. The van der Waals surface area contributed by atoms with Gasteiger partial charge in [0, 0.05) is 12.8 Å². The Balaban J connectivity index is 0.000000270. The molecule has 0 bridgehead atoms. The van der Waals surface area contributed by atoms with Gasteiger partial charge in [0.05, 0.1) is 75.3 Å². The van der Waals surface area contributed by atoms with Crippen LogP contribution in [0.4, 0.5) is 0 Å². The molecule has 0 aromatic carbocycles. The first-order valence-electron chi connectivity index (χ1n) is 19.8. The minimum Gasteiger partial charge on any atom is -0.390 e. The highest BCUT2D eigenvalue weighted by Crippen LogP contribution is 2.37. The number of rotatable bonds is 16. The summed E-state index contributed by atoms with van der Waals surface area (Å²) in [4.78, 5) is 0. The molecule has 10 unspecified atom stereocenters. The maximum Gasteiger partial charge on any atom is 0.163 e. The van der Waals surface area contributed by atoms with Crippen molar-refractivity contribution in [2.75, 3.05) is 26.4 Å². The summed E-state index contributed by atoms with van der Waals surface area (Å²) in [7, 11) is 0. The zero-order valence-electron chi connectivity index (χ0n) is 33.8. The van der Waals surface area contributed by atoms with E-state index in [2.05, 4.69) is 34.6 Å². The van der Waals surface area contributed by atoms with Gasteiger partial charge in [0.15, 0.2) is 11.6 Å². The van der Waals surface area contributed by atoms with Crippen molar-refractivity contribution in [1.82, 2.24) is 0 Å². The van der Waals surface area contributed by atoms with Gasteiger partial charge in [0.25, 0.3) is 0 Å². The van der Waals surface area contributed by atoms with Gasteiger partial charge in [-0.2, -0.15) is 0 Å². The summed E-state index contributed by atoms with van der Waals surface area (Å²) in [5.74, 6) is -1.05. The van der Waals surface area contributed by atoms with Crippen molar-refractivity contribution in [1.29, 1.82) is 0 Å². The van der Waals surface area contributed by atoms with Crippen LogP contribution in [-0.4, -0.2) is 109 Å². The molecular formula is C40H76O10. The van der Waals surface area contributed by atoms with Gasteiger partial charge < -0.3 is 48.1 Å². The molecule has 4 aliphatic heterocycles. The molecule has 0 aliphatic carbocycles. The third-order valence-electron chi connectivity index (χ3n) is 10.2. The minimum absolute atomic E-state index is 0.000798. The average Bonchev–Trinajstić information content (AvgIpc) is 3.78. The lowest BCUT2D eigenvalue weighted by atomic mass is 9.85. The summed E-state index contributed by atoms with van der Waals surface area (Å²) in [6.45, 7) is 26.7. The highest BCUT2D eigenvalue weighted by atomic mass is 16.8. The molecule has 10 nitrogen and oxygen atoms in total. The fourth-order valence-corrected chi connectivity index (χ4v) is 7.38. The molecule has 4 fully saturated rings. The van der Waals surface area contributed by atoms with Crippen molar-refractivity contribution in [3.8, 4) is 0 Å². The molecule has 2 N–H and O–H groups in total. The van der Waals surface area contributed by atoms with Crippen LogP contribution < -0.4 is 0 Å². The Labute approximate surface area is 304 Å². The summed E-state index contributed by atoms with van der Waals surface area (Å²) < 4.78 is 47.8. The van der Waals surface area contributed by atoms with Gasteiger partial charge >= 0.3 is 0 Å². The van der Waals surface area contributed by atoms with E-state index in [9.17, 15) is 10.2 Å². The van der Waals surface area contributed by atoms with E-state index >= 15 is 0 Å². The Bertz CT molecular complexity index is 959. The molecule has 4 rings (SSSR count). The van der Waals surface area contributed by atoms with E-state index in [0.717, 1.165) is 32.1 Å². The summed E-state index contributed by atoms with van der Waals surface area (Å²) in [5.41, 5.74) is -0.269. The van der Waals surface area contributed by atoms with Gasteiger partial charge in [-0.1, -0.05) is 93.9 Å². The first-order valence-corrected chi connectivity index (χ1v) is 19.8. The van der Waals surface area contributed by atoms with Crippen LogP contribution in [-0.2, 0) is 37.9 Å². The molecule has 4 heterocycles. The number of ether oxygens (including phenoxy) is 8. The molecule has 0 radical (unpaired) electrons. The predicted octanol–water partition coefficient (Wildman–Crippen LogP) is 7.34. The maximum absolute atomic E-state index is 10.6. The van der Waals surface area contributed by atoms with E-state index in [1.165, 1.54) is 25.7 Å². The monoisotopic (exact) mass is 717 g/mol. The van der Waals surface area contributed by atoms with E-state index in [4.69, 9.17) is 37.9 Å². The normalized spacial score (nSPS) is 33.7. The Morgan fingerprint density at radius 3 is 1.84 bits per heavy atom. The number of hydrogen-bond donors (Lipinski definition) is 2. The van der Waals surface area contributed by atoms with Crippen LogP contribution in [0.3, 0.4) is 0 Å². The van der Waals surface area contributed by atoms with E-state index in [0.29, 0.717) is 32.8 Å². The molecule has 4 aliphatic rings. The van der Waals surface area contributed by atoms with E-state index in [1.807, 2.05) is 48.5 Å². The van der Waals surface area contributed by atoms with Crippen molar-refractivity contribution in [2.24, 2.45) is 10.8 Å². The molecule has 0 amide bonds. The molecular weight excluding hydrogens is 640 g/mol. The van der Waals surface area contributed by atoms with E-state index < -0.39 is 23.8 Å². The molecule has 10 atom stereocenters. The van der Waals surface area contributed by atoms with Gasteiger partial charge in [0.2, 0.25) is 0 Å². The smallest absolute Gasteiger partial charge is 0.163 e. The number of hydrogen-bond acceptors (Lipinski definition) is 10.